The molecule has 4 nitrogen and oxygen atoms in total. The molecule has 3 N–H and O–H groups in total. The van der Waals surface area contributed by atoms with Gasteiger partial charge in [-0.2, -0.15) is 0 Å². The van der Waals surface area contributed by atoms with E-state index in [9.17, 15) is 4.79 Å². The highest BCUT2D eigenvalue weighted by molar-refractivity contribution is 6.00. The maximum absolute atomic E-state index is 11.2. The van der Waals surface area contributed by atoms with Gasteiger partial charge in [-0.15, -0.1) is 0 Å². The molecule has 1 atom stereocenters. The highest BCUT2D eigenvalue weighted by Gasteiger charge is 2.21. The Morgan fingerprint density at radius 1 is 1.60 bits per heavy atom. The molecule has 1 aromatic rings. The Bertz CT molecular complexity index is 390. The molecule has 1 unspecified atom stereocenters. The van der Waals surface area contributed by atoms with Crippen molar-refractivity contribution in [1.82, 2.24) is 0 Å². The van der Waals surface area contributed by atoms with Gasteiger partial charge in [0.25, 0.3) is 0 Å². The Labute approximate surface area is 88.4 Å². The number of anilines is 1. The molecule has 1 aliphatic heterocycles. The Morgan fingerprint density at radius 2 is 2.40 bits per heavy atom. The molecule has 0 bridgehead atoms. The lowest BCUT2D eigenvalue weighted by Gasteiger charge is -2.14. The van der Waals surface area contributed by atoms with E-state index in [1.807, 2.05) is 25.1 Å². The zero-order chi connectivity index (χ0) is 10.8. The zero-order valence-electron chi connectivity index (χ0n) is 8.62. The number of carbonyl (C=O) groups excluding carboxylic acids is 1. The van der Waals surface area contributed by atoms with Crippen LogP contribution in [-0.4, -0.2) is 12.1 Å². The second-order valence-corrected chi connectivity index (χ2v) is 3.57. The number of amides is 1. The number of nitrogens with two attached hydrogens (primary N) is 1. The Kier molecular flexibility index (Phi) is 2.60. The van der Waals surface area contributed by atoms with Gasteiger partial charge in [0.15, 0.2) is 0 Å². The van der Waals surface area contributed by atoms with Crippen molar-refractivity contribution in [1.29, 1.82) is 0 Å². The summed E-state index contributed by atoms with van der Waals surface area (Å²) in [6.07, 6.45) is 0.805. The van der Waals surface area contributed by atoms with E-state index in [4.69, 9.17) is 10.5 Å². The maximum Gasteiger partial charge on any atom is 0.229 e. The SMILES string of the molecule is CCC(N)Oc1cccc2c1CC(=O)N2. The molecule has 0 saturated heterocycles. The Hall–Kier alpha value is -1.55. The minimum atomic E-state index is -0.313. The molecular formula is C11H14N2O2. The van der Waals surface area contributed by atoms with Crippen LogP contribution in [0.3, 0.4) is 0 Å². The number of nitrogens with one attached hydrogen (secondary N) is 1. The van der Waals surface area contributed by atoms with Crippen LogP contribution in [0.4, 0.5) is 5.69 Å². The predicted octanol–water partition coefficient (Wildman–Crippen LogP) is 1.25. The van der Waals surface area contributed by atoms with Crippen LogP contribution in [0, 0.1) is 0 Å². The second-order valence-electron chi connectivity index (χ2n) is 3.57. The molecular weight excluding hydrogens is 192 g/mol. The molecule has 1 amide bonds. The van der Waals surface area contributed by atoms with Crippen LogP contribution in [0.25, 0.3) is 0 Å². The monoisotopic (exact) mass is 206 g/mol. The Balaban J connectivity index is 2.26. The van der Waals surface area contributed by atoms with Crippen molar-refractivity contribution in [3.8, 4) is 5.75 Å². The van der Waals surface area contributed by atoms with Crippen molar-refractivity contribution in [2.75, 3.05) is 5.32 Å². The van der Waals surface area contributed by atoms with E-state index in [1.165, 1.54) is 0 Å². The van der Waals surface area contributed by atoms with Crippen molar-refractivity contribution >= 4 is 11.6 Å². The second kappa shape index (κ2) is 3.90. The average molecular weight is 206 g/mol. The van der Waals surface area contributed by atoms with Crippen LogP contribution >= 0.6 is 0 Å². The average Bonchev–Trinajstić information content (AvgIpc) is 2.59. The predicted molar refractivity (Wildman–Crippen MR) is 57.7 cm³/mol. The summed E-state index contributed by atoms with van der Waals surface area (Å²) in [4.78, 5) is 11.2. The molecule has 0 spiro atoms. The summed E-state index contributed by atoms with van der Waals surface area (Å²) in [5.41, 5.74) is 7.45. The van der Waals surface area contributed by atoms with Gasteiger partial charge in [0.1, 0.15) is 12.0 Å². The lowest BCUT2D eigenvalue weighted by molar-refractivity contribution is -0.115. The number of ether oxygens (including phenoxy) is 1. The number of rotatable bonds is 3. The first-order valence-electron chi connectivity index (χ1n) is 5.04. The summed E-state index contributed by atoms with van der Waals surface area (Å²) < 4.78 is 5.54. The van der Waals surface area contributed by atoms with Crippen molar-refractivity contribution in [3.63, 3.8) is 0 Å². The van der Waals surface area contributed by atoms with E-state index in [2.05, 4.69) is 5.32 Å². The summed E-state index contributed by atoms with van der Waals surface area (Å²) in [5, 5.41) is 2.77. The van der Waals surface area contributed by atoms with Crippen LogP contribution < -0.4 is 15.8 Å². The fourth-order valence-corrected chi connectivity index (χ4v) is 1.58. The van der Waals surface area contributed by atoms with Crippen molar-refractivity contribution in [2.24, 2.45) is 5.73 Å². The van der Waals surface area contributed by atoms with Crippen LogP contribution in [-0.2, 0) is 11.2 Å². The standard InChI is InChI=1S/C11H14N2O2/c1-2-10(12)15-9-5-3-4-8-7(9)6-11(14)13-8/h3-5,10H,2,6,12H2,1H3,(H,13,14). The van der Waals surface area contributed by atoms with Crippen LogP contribution in [0.1, 0.15) is 18.9 Å². The lowest BCUT2D eigenvalue weighted by Crippen LogP contribution is -2.26. The van der Waals surface area contributed by atoms with E-state index in [0.717, 1.165) is 17.7 Å². The van der Waals surface area contributed by atoms with Crippen molar-refractivity contribution < 1.29 is 9.53 Å². The van der Waals surface area contributed by atoms with Gasteiger partial charge < -0.3 is 10.1 Å². The largest absolute Gasteiger partial charge is 0.475 e. The van der Waals surface area contributed by atoms with Gasteiger partial charge in [-0.3, -0.25) is 10.5 Å². The summed E-state index contributed by atoms with van der Waals surface area (Å²) >= 11 is 0. The maximum atomic E-state index is 11.2. The van der Waals surface area contributed by atoms with E-state index < -0.39 is 0 Å². The third-order valence-corrected chi connectivity index (χ3v) is 2.43. The molecule has 1 heterocycles. The van der Waals surface area contributed by atoms with Crippen LogP contribution in [0.2, 0.25) is 0 Å². The van der Waals surface area contributed by atoms with Crippen molar-refractivity contribution in [3.05, 3.63) is 23.8 Å². The summed E-state index contributed by atoms with van der Waals surface area (Å²) in [6.45, 7) is 1.96. The minimum absolute atomic E-state index is 0.00567. The zero-order valence-corrected chi connectivity index (χ0v) is 8.62. The molecule has 1 aliphatic rings. The molecule has 0 radical (unpaired) electrons. The highest BCUT2D eigenvalue weighted by Crippen LogP contribution is 2.31. The first kappa shape index (κ1) is 9.98. The van der Waals surface area contributed by atoms with E-state index >= 15 is 0 Å². The third kappa shape index (κ3) is 1.94. The Morgan fingerprint density at radius 3 is 3.13 bits per heavy atom. The smallest absolute Gasteiger partial charge is 0.229 e. The molecule has 0 saturated carbocycles. The molecule has 15 heavy (non-hydrogen) atoms. The molecule has 0 aromatic heterocycles. The molecule has 4 heteroatoms. The van der Waals surface area contributed by atoms with Gasteiger partial charge in [0.05, 0.1) is 6.42 Å². The molecule has 1 aromatic carbocycles. The lowest BCUT2D eigenvalue weighted by atomic mass is 10.1. The fraction of sp³-hybridized carbons (Fsp3) is 0.364. The van der Waals surface area contributed by atoms with Crippen LogP contribution in [0.15, 0.2) is 18.2 Å². The third-order valence-electron chi connectivity index (χ3n) is 2.43. The topological polar surface area (TPSA) is 64.3 Å². The summed E-state index contributed by atoms with van der Waals surface area (Å²) in [5.74, 6) is 0.714. The molecule has 80 valence electrons. The number of benzene rings is 1. The number of fused-ring (bicyclic) bond motifs is 1. The quantitative estimate of drug-likeness (QED) is 0.732. The number of carbonyl (C=O) groups is 1. The first-order chi connectivity index (χ1) is 7.20. The van der Waals surface area contributed by atoms with Gasteiger partial charge in [-0.25, -0.2) is 0 Å². The van der Waals surface area contributed by atoms with Gasteiger partial charge in [0, 0.05) is 11.3 Å². The number of hydrogen-bond acceptors (Lipinski definition) is 3. The fourth-order valence-electron chi connectivity index (χ4n) is 1.58. The van der Waals surface area contributed by atoms with Crippen LogP contribution in [0.5, 0.6) is 5.75 Å². The van der Waals surface area contributed by atoms with E-state index in [0.29, 0.717) is 12.2 Å². The minimum Gasteiger partial charge on any atom is -0.475 e. The summed E-state index contributed by atoms with van der Waals surface area (Å²) in [6, 6.07) is 5.56. The summed E-state index contributed by atoms with van der Waals surface area (Å²) in [7, 11) is 0. The highest BCUT2D eigenvalue weighted by atomic mass is 16.5. The molecule has 0 fully saturated rings. The first-order valence-corrected chi connectivity index (χ1v) is 5.04. The van der Waals surface area contributed by atoms with E-state index in [-0.39, 0.29) is 12.1 Å². The van der Waals surface area contributed by atoms with E-state index in [1.54, 1.807) is 0 Å². The van der Waals surface area contributed by atoms with Gasteiger partial charge >= 0.3 is 0 Å². The van der Waals surface area contributed by atoms with Gasteiger partial charge in [-0.1, -0.05) is 13.0 Å². The molecule has 2 rings (SSSR count). The van der Waals surface area contributed by atoms with Crippen molar-refractivity contribution in [2.45, 2.75) is 26.0 Å². The molecule has 0 aliphatic carbocycles. The van der Waals surface area contributed by atoms with Gasteiger partial charge in [-0.05, 0) is 18.6 Å². The number of hydrogen-bond donors (Lipinski definition) is 2. The van der Waals surface area contributed by atoms with Gasteiger partial charge in [0.2, 0.25) is 5.91 Å². The normalized spacial score (nSPS) is 15.7.